The zero-order valence-electron chi connectivity index (χ0n) is 11.8. The van der Waals surface area contributed by atoms with Gasteiger partial charge in [0, 0.05) is 12.4 Å². The fourth-order valence-electron chi connectivity index (χ4n) is 1.34. The van der Waals surface area contributed by atoms with E-state index < -0.39 is 34.6 Å². The zero-order valence-corrected chi connectivity index (χ0v) is 12.6. The monoisotopic (exact) mass is 354 g/mol. The quantitative estimate of drug-likeness (QED) is 0.312. The smallest absolute Gasteiger partial charge is 0.394 e. The summed E-state index contributed by atoms with van der Waals surface area (Å²) in [4.78, 5) is 14.1. The predicted octanol–water partition coefficient (Wildman–Crippen LogP) is -2.37. The first-order valence-corrected chi connectivity index (χ1v) is 7.44. The van der Waals surface area contributed by atoms with Crippen molar-refractivity contribution in [1.82, 2.24) is 4.98 Å². The van der Waals surface area contributed by atoms with Crippen LogP contribution in [0.1, 0.15) is 10.4 Å². The van der Waals surface area contributed by atoms with Crippen molar-refractivity contribution < 1.29 is 42.4 Å². The van der Waals surface area contributed by atoms with E-state index in [9.17, 15) is 4.79 Å². The molecule has 12 heteroatoms. The molecular formula is C11H18N2O9S. The van der Waals surface area contributed by atoms with Gasteiger partial charge in [-0.05, 0) is 12.1 Å². The topological polar surface area (TPSA) is 200 Å². The van der Waals surface area contributed by atoms with E-state index in [1.54, 1.807) is 18.3 Å². The molecule has 1 aliphatic rings. The van der Waals surface area contributed by atoms with E-state index in [1.807, 2.05) is 0 Å². The summed E-state index contributed by atoms with van der Waals surface area (Å²) in [6.07, 6.45) is 0.673. The van der Waals surface area contributed by atoms with Gasteiger partial charge >= 0.3 is 10.4 Å². The van der Waals surface area contributed by atoms with Gasteiger partial charge in [-0.25, -0.2) is 0 Å². The van der Waals surface area contributed by atoms with Gasteiger partial charge in [-0.15, -0.1) is 0 Å². The number of primary amides is 1. The predicted molar refractivity (Wildman–Crippen MR) is 75.8 cm³/mol. The highest BCUT2D eigenvalue weighted by atomic mass is 32.3. The molecule has 132 valence electrons. The van der Waals surface area contributed by atoms with Crippen LogP contribution in [-0.4, -0.2) is 75.3 Å². The average Bonchev–Trinajstić information content (AvgIpc) is 2.78. The maximum atomic E-state index is 10.4. The van der Waals surface area contributed by atoms with Gasteiger partial charge in [0.2, 0.25) is 5.91 Å². The molecule has 0 aromatic carbocycles. The summed E-state index contributed by atoms with van der Waals surface area (Å²) in [6.45, 7) is -0.120. The molecule has 1 amide bonds. The minimum Gasteiger partial charge on any atom is -0.394 e. The summed E-state index contributed by atoms with van der Waals surface area (Å²) in [7, 11) is -4.67. The van der Waals surface area contributed by atoms with Crippen molar-refractivity contribution in [2.24, 2.45) is 5.73 Å². The second-order valence-corrected chi connectivity index (χ2v) is 5.06. The fraction of sp³-hybridized carbons (Fsp3) is 0.455. The summed E-state index contributed by atoms with van der Waals surface area (Å²) >= 11 is 0. The third-order valence-electron chi connectivity index (χ3n) is 2.38. The van der Waals surface area contributed by atoms with E-state index in [0.29, 0.717) is 5.56 Å². The summed E-state index contributed by atoms with van der Waals surface area (Å²) in [6, 6.07) is 3.29. The first-order chi connectivity index (χ1) is 10.6. The van der Waals surface area contributed by atoms with Crippen LogP contribution in [0.25, 0.3) is 0 Å². The van der Waals surface area contributed by atoms with Gasteiger partial charge in [-0.1, -0.05) is 0 Å². The van der Waals surface area contributed by atoms with Crippen LogP contribution >= 0.6 is 0 Å². The van der Waals surface area contributed by atoms with Gasteiger partial charge in [0.15, 0.2) is 0 Å². The Kier molecular flexibility index (Phi) is 9.43. The lowest BCUT2D eigenvalue weighted by atomic mass is 10.2. The summed E-state index contributed by atoms with van der Waals surface area (Å²) < 4.78 is 36.4. The lowest BCUT2D eigenvalue weighted by molar-refractivity contribution is -0.00588. The Morgan fingerprint density at radius 2 is 1.96 bits per heavy atom. The third kappa shape index (κ3) is 10.6. The molecule has 1 fully saturated rings. The molecule has 1 aliphatic heterocycles. The van der Waals surface area contributed by atoms with Crippen LogP contribution in [0.2, 0.25) is 0 Å². The van der Waals surface area contributed by atoms with Crippen molar-refractivity contribution in [2.45, 2.75) is 18.3 Å². The van der Waals surface area contributed by atoms with Crippen molar-refractivity contribution >= 4 is 16.3 Å². The lowest BCUT2D eigenvalue weighted by Crippen LogP contribution is -2.31. The van der Waals surface area contributed by atoms with Crippen molar-refractivity contribution in [3.63, 3.8) is 0 Å². The highest BCUT2D eigenvalue weighted by Gasteiger charge is 2.33. The van der Waals surface area contributed by atoms with Crippen LogP contribution in [-0.2, 0) is 15.1 Å². The Morgan fingerprint density at radius 3 is 2.17 bits per heavy atom. The maximum absolute atomic E-state index is 10.4. The van der Waals surface area contributed by atoms with E-state index in [0.717, 1.165) is 0 Å². The van der Waals surface area contributed by atoms with Crippen LogP contribution in [0.15, 0.2) is 24.5 Å². The number of nitrogens with two attached hydrogens (primary N) is 1. The molecule has 1 saturated heterocycles. The molecule has 2 rings (SSSR count). The second kappa shape index (κ2) is 10.2. The number of carbonyl (C=O) groups excluding carboxylic acids is 1. The second-order valence-electron chi connectivity index (χ2n) is 4.17. The van der Waals surface area contributed by atoms with Crippen molar-refractivity contribution in [3.8, 4) is 0 Å². The summed E-state index contributed by atoms with van der Waals surface area (Å²) in [5.41, 5.74) is 5.38. The number of hydrogen-bond acceptors (Lipinski definition) is 8. The van der Waals surface area contributed by atoms with Crippen LogP contribution in [0.3, 0.4) is 0 Å². The van der Waals surface area contributed by atoms with E-state index in [2.05, 4.69) is 4.98 Å². The number of rotatable bonds is 2. The lowest BCUT2D eigenvalue weighted by Gasteiger charge is -2.10. The minimum absolute atomic E-state index is 0.117. The van der Waals surface area contributed by atoms with Crippen molar-refractivity contribution in [2.75, 3.05) is 13.2 Å². The van der Waals surface area contributed by atoms with Crippen LogP contribution in [0, 0.1) is 0 Å². The minimum atomic E-state index is -4.67. The molecule has 0 saturated carbocycles. The number of hydrogen-bond donors (Lipinski definition) is 6. The number of aliphatic hydroxyl groups excluding tert-OH is 3. The van der Waals surface area contributed by atoms with Crippen LogP contribution in [0.5, 0.6) is 0 Å². The van der Waals surface area contributed by atoms with Gasteiger partial charge in [-0.2, -0.15) is 8.42 Å². The number of ether oxygens (including phenoxy) is 1. The largest absolute Gasteiger partial charge is 0.394 e. The SMILES string of the molecule is NC(=O)c1cccnc1.O=S(=O)(O)O.OC[C@H]1OC[C@H](O)[C@@H]1O. The van der Waals surface area contributed by atoms with E-state index in [1.165, 1.54) is 6.20 Å². The van der Waals surface area contributed by atoms with Crippen molar-refractivity contribution in [1.29, 1.82) is 0 Å². The Labute approximate surface area is 131 Å². The number of amides is 1. The van der Waals surface area contributed by atoms with Crippen molar-refractivity contribution in [3.05, 3.63) is 30.1 Å². The van der Waals surface area contributed by atoms with Gasteiger partial charge < -0.3 is 25.8 Å². The highest BCUT2D eigenvalue weighted by Crippen LogP contribution is 2.12. The summed E-state index contributed by atoms with van der Waals surface area (Å²) in [5, 5.41) is 26.2. The Balaban J connectivity index is 0.000000332. The number of carbonyl (C=O) groups is 1. The van der Waals surface area contributed by atoms with Crippen LogP contribution < -0.4 is 5.73 Å². The van der Waals surface area contributed by atoms with E-state index >= 15 is 0 Å². The molecular weight excluding hydrogens is 336 g/mol. The highest BCUT2D eigenvalue weighted by molar-refractivity contribution is 7.79. The normalized spacial score (nSPS) is 23.1. The number of pyridine rings is 1. The molecule has 7 N–H and O–H groups in total. The molecule has 11 nitrogen and oxygen atoms in total. The Hall–Kier alpha value is -1.67. The molecule has 3 atom stereocenters. The van der Waals surface area contributed by atoms with E-state index in [4.69, 9.17) is 43.3 Å². The molecule has 0 aliphatic carbocycles. The van der Waals surface area contributed by atoms with Crippen LogP contribution in [0.4, 0.5) is 0 Å². The molecule has 1 aromatic heterocycles. The van der Waals surface area contributed by atoms with E-state index in [-0.39, 0.29) is 13.2 Å². The first kappa shape index (κ1) is 21.3. The molecule has 1 aromatic rings. The van der Waals surface area contributed by atoms with Gasteiger partial charge in [0.25, 0.3) is 0 Å². The number of aromatic nitrogens is 1. The maximum Gasteiger partial charge on any atom is 0.394 e. The standard InChI is InChI=1S/C6H6N2O.C5H10O4.H2O4S/c7-6(9)5-2-1-3-8-4-5;6-1-4-5(8)3(7)2-9-4;1-5(2,3)4/h1-4H,(H2,7,9);3-8H,1-2H2;(H2,1,2,3,4)/t;3-,4+,5-;/m.0./s1. The molecule has 0 spiro atoms. The average molecular weight is 354 g/mol. The molecule has 23 heavy (non-hydrogen) atoms. The first-order valence-electron chi connectivity index (χ1n) is 6.04. The Bertz CT molecular complexity index is 558. The fourth-order valence-corrected chi connectivity index (χ4v) is 1.34. The molecule has 0 unspecified atom stereocenters. The van der Waals surface area contributed by atoms with Gasteiger partial charge in [-0.3, -0.25) is 18.9 Å². The number of aliphatic hydroxyl groups is 3. The number of nitrogens with zero attached hydrogens (tertiary/aromatic N) is 1. The van der Waals surface area contributed by atoms with Gasteiger partial charge in [0.1, 0.15) is 18.3 Å². The third-order valence-corrected chi connectivity index (χ3v) is 2.38. The molecule has 0 bridgehead atoms. The summed E-state index contributed by atoms with van der Waals surface area (Å²) in [5.74, 6) is -0.442. The Morgan fingerprint density at radius 1 is 1.39 bits per heavy atom. The van der Waals surface area contributed by atoms with Gasteiger partial charge in [0.05, 0.1) is 18.8 Å². The zero-order chi connectivity index (χ0) is 18.0. The molecule has 2 heterocycles. The molecule has 0 radical (unpaired) electrons.